The van der Waals surface area contributed by atoms with Crippen LogP contribution in [0.1, 0.15) is 31.0 Å². The lowest BCUT2D eigenvalue weighted by atomic mass is 10.0. The fourth-order valence-electron chi connectivity index (χ4n) is 2.66. The lowest BCUT2D eigenvalue weighted by Crippen LogP contribution is -2.34. The van der Waals surface area contributed by atoms with Crippen molar-refractivity contribution < 1.29 is 9.50 Å². The van der Waals surface area contributed by atoms with Gasteiger partial charge in [0.15, 0.2) is 0 Å². The number of aliphatic hydroxyl groups excluding tert-OH is 1. The van der Waals surface area contributed by atoms with E-state index in [4.69, 9.17) is 0 Å². The van der Waals surface area contributed by atoms with Crippen LogP contribution in [0.2, 0.25) is 0 Å². The average Bonchev–Trinajstić information content (AvgIpc) is 2.97. The molecule has 2 heterocycles. The number of piperidine rings is 1. The summed E-state index contributed by atoms with van der Waals surface area (Å²) in [5.41, 5.74) is 1.96. The summed E-state index contributed by atoms with van der Waals surface area (Å²) in [6.07, 6.45) is 3.34. The Morgan fingerprint density at radius 3 is 2.85 bits per heavy atom. The predicted molar refractivity (Wildman–Crippen MR) is 77.9 cm³/mol. The molecular formula is C15H17FN2OS. The predicted octanol–water partition coefficient (Wildman–Crippen LogP) is 3.43. The van der Waals surface area contributed by atoms with Crippen molar-refractivity contribution in [3.05, 3.63) is 41.2 Å². The number of likely N-dealkylation sites (tertiary alicyclic amines) is 1. The molecule has 0 saturated carbocycles. The Morgan fingerprint density at radius 2 is 2.10 bits per heavy atom. The van der Waals surface area contributed by atoms with Gasteiger partial charge in [0.05, 0.1) is 18.5 Å². The molecule has 1 aliphatic heterocycles. The van der Waals surface area contributed by atoms with Crippen LogP contribution >= 0.6 is 11.3 Å². The van der Waals surface area contributed by atoms with Gasteiger partial charge in [0, 0.05) is 17.5 Å². The van der Waals surface area contributed by atoms with Crippen LogP contribution < -0.4 is 0 Å². The van der Waals surface area contributed by atoms with Gasteiger partial charge >= 0.3 is 0 Å². The highest BCUT2D eigenvalue weighted by molar-refractivity contribution is 7.13. The molecule has 0 aliphatic carbocycles. The number of thiazole rings is 1. The van der Waals surface area contributed by atoms with E-state index in [1.54, 1.807) is 23.5 Å². The zero-order valence-electron chi connectivity index (χ0n) is 11.1. The lowest BCUT2D eigenvalue weighted by molar-refractivity contribution is 0.0422. The van der Waals surface area contributed by atoms with E-state index >= 15 is 0 Å². The van der Waals surface area contributed by atoms with Gasteiger partial charge in [-0.3, -0.25) is 4.90 Å². The molecule has 0 amide bonds. The molecule has 3 nitrogen and oxygen atoms in total. The van der Waals surface area contributed by atoms with Gasteiger partial charge in [-0.05, 0) is 37.1 Å². The van der Waals surface area contributed by atoms with Gasteiger partial charge in [-0.2, -0.15) is 0 Å². The molecule has 106 valence electrons. The van der Waals surface area contributed by atoms with E-state index in [2.05, 4.69) is 15.3 Å². The molecule has 0 bridgehead atoms. The molecule has 1 aromatic carbocycles. The number of benzene rings is 1. The molecule has 1 aliphatic rings. The number of aromatic nitrogens is 1. The van der Waals surface area contributed by atoms with Crippen molar-refractivity contribution in [2.45, 2.75) is 25.3 Å². The standard InChI is InChI=1S/C15H17FN2OS/c16-12-6-4-11(5-7-12)15-17-13(9-20-15)14-3-1-2-8-18(14)10-19/h4-7,9,14,19H,1-3,8,10H2/t14-/m1/s1. The van der Waals surface area contributed by atoms with E-state index in [1.165, 1.54) is 18.6 Å². The third kappa shape index (κ3) is 2.75. The topological polar surface area (TPSA) is 36.4 Å². The number of nitrogens with zero attached hydrogens (tertiary/aromatic N) is 2. The van der Waals surface area contributed by atoms with Crippen molar-refractivity contribution in [2.24, 2.45) is 0 Å². The third-order valence-electron chi connectivity index (χ3n) is 3.75. The number of aliphatic hydroxyl groups is 1. The summed E-state index contributed by atoms with van der Waals surface area (Å²) in [5, 5.41) is 12.4. The molecule has 5 heteroatoms. The smallest absolute Gasteiger partial charge is 0.123 e. The highest BCUT2D eigenvalue weighted by Gasteiger charge is 2.25. The van der Waals surface area contributed by atoms with Crippen LogP contribution in [0.5, 0.6) is 0 Å². The first-order valence-electron chi connectivity index (χ1n) is 6.84. The quantitative estimate of drug-likeness (QED) is 0.941. The summed E-state index contributed by atoms with van der Waals surface area (Å²) in [7, 11) is 0. The van der Waals surface area contributed by atoms with Crippen molar-refractivity contribution in [3.63, 3.8) is 0 Å². The Morgan fingerprint density at radius 1 is 1.30 bits per heavy atom. The Balaban J connectivity index is 1.84. The van der Waals surface area contributed by atoms with Crippen molar-refractivity contribution in [1.82, 2.24) is 9.88 Å². The second-order valence-corrected chi connectivity index (χ2v) is 5.91. The Bertz CT molecular complexity index is 570. The lowest BCUT2D eigenvalue weighted by Gasteiger charge is -2.32. The molecule has 3 rings (SSSR count). The minimum absolute atomic E-state index is 0.0775. The number of hydrogen-bond donors (Lipinski definition) is 1. The molecule has 1 fully saturated rings. The van der Waals surface area contributed by atoms with Crippen LogP contribution in [0.4, 0.5) is 4.39 Å². The summed E-state index contributed by atoms with van der Waals surface area (Å²) < 4.78 is 12.9. The first-order chi connectivity index (χ1) is 9.78. The Kier molecular flexibility index (Phi) is 4.10. The third-order valence-corrected chi connectivity index (χ3v) is 4.66. The van der Waals surface area contributed by atoms with Crippen molar-refractivity contribution in [3.8, 4) is 10.6 Å². The maximum atomic E-state index is 12.9. The molecule has 20 heavy (non-hydrogen) atoms. The summed E-state index contributed by atoms with van der Waals surface area (Å²) in [5.74, 6) is -0.232. The van der Waals surface area contributed by atoms with Gasteiger partial charge in [0.2, 0.25) is 0 Å². The van der Waals surface area contributed by atoms with E-state index in [-0.39, 0.29) is 18.6 Å². The van der Waals surface area contributed by atoms with Crippen LogP contribution in [0.3, 0.4) is 0 Å². The van der Waals surface area contributed by atoms with E-state index in [0.717, 1.165) is 35.7 Å². The van der Waals surface area contributed by atoms with Crippen LogP contribution in [0.25, 0.3) is 10.6 Å². The van der Waals surface area contributed by atoms with E-state index in [9.17, 15) is 9.50 Å². The maximum absolute atomic E-state index is 12.9. The highest BCUT2D eigenvalue weighted by Crippen LogP contribution is 2.33. The number of hydrogen-bond acceptors (Lipinski definition) is 4. The zero-order valence-corrected chi connectivity index (χ0v) is 11.9. The Labute approximate surface area is 121 Å². The van der Waals surface area contributed by atoms with Crippen LogP contribution in [-0.2, 0) is 0 Å². The molecular weight excluding hydrogens is 275 g/mol. The normalized spacial score (nSPS) is 20.2. The molecule has 1 atom stereocenters. The molecule has 1 aromatic heterocycles. The molecule has 0 radical (unpaired) electrons. The molecule has 2 aromatic rings. The van der Waals surface area contributed by atoms with Gasteiger partial charge in [0.25, 0.3) is 0 Å². The summed E-state index contributed by atoms with van der Waals surface area (Å²) in [4.78, 5) is 6.74. The van der Waals surface area contributed by atoms with E-state index in [1.807, 2.05) is 0 Å². The fraction of sp³-hybridized carbons (Fsp3) is 0.400. The van der Waals surface area contributed by atoms with Crippen molar-refractivity contribution >= 4 is 11.3 Å². The van der Waals surface area contributed by atoms with E-state index < -0.39 is 0 Å². The summed E-state index contributed by atoms with van der Waals surface area (Å²) >= 11 is 1.57. The number of rotatable bonds is 3. The van der Waals surface area contributed by atoms with Gasteiger partial charge in [0.1, 0.15) is 10.8 Å². The number of halogens is 1. The second-order valence-electron chi connectivity index (χ2n) is 5.05. The van der Waals surface area contributed by atoms with Crippen molar-refractivity contribution in [2.75, 3.05) is 13.3 Å². The van der Waals surface area contributed by atoms with Gasteiger partial charge in [-0.25, -0.2) is 9.37 Å². The summed E-state index contributed by atoms with van der Waals surface area (Å²) in [6.45, 7) is 0.999. The van der Waals surface area contributed by atoms with E-state index in [0.29, 0.717) is 0 Å². The van der Waals surface area contributed by atoms with Gasteiger partial charge in [-0.15, -0.1) is 11.3 Å². The fourth-order valence-corrected chi connectivity index (χ4v) is 3.53. The second kappa shape index (κ2) is 5.99. The highest BCUT2D eigenvalue weighted by atomic mass is 32.1. The maximum Gasteiger partial charge on any atom is 0.123 e. The van der Waals surface area contributed by atoms with Crippen molar-refractivity contribution in [1.29, 1.82) is 0 Å². The van der Waals surface area contributed by atoms with Gasteiger partial charge in [-0.1, -0.05) is 6.42 Å². The minimum Gasteiger partial charge on any atom is -0.381 e. The van der Waals surface area contributed by atoms with Crippen LogP contribution in [0, 0.1) is 5.82 Å². The SMILES string of the molecule is OCN1CCCC[C@@H]1c1csc(-c2ccc(F)cc2)n1. The zero-order chi connectivity index (χ0) is 13.9. The minimum atomic E-state index is -0.232. The van der Waals surface area contributed by atoms with Gasteiger partial charge < -0.3 is 5.11 Å². The monoisotopic (exact) mass is 292 g/mol. The largest absolute Gasteiger partial charge is 0.381 e. The van der Waals surface area contributed by atoms with Crippen LogP contribution in [0.15, 0.2) is 29.6 Å². The molecule has 0 spiro atoms. The summed E-state index contributed by atoms with van der Waals surface area (Å²) in [6, 6.07) is 6.62. The Hall–Kier alpha value is -1.30. The molecule has 0 unspecified atom stereocenters. The van der Waals surface area contributed by atoms with Crippen LogP contribution in [-0.4, -0.2) is 28.3 Å². The first-order valence-corrected chi connectivity index (χ1v) is 7.72. The first kappa shape index (κ1) is 13.7. The average molecular weight is 292 g/mol. The molecule has 1 N–H and O–H groups in total. The molecule has 1 saturated heterocycles.